The maximum atomic E-state index is 6.25. The first-order chi connectivity index (χ1) is 8.81. The van der Waals surface area contributed by atoms with Crippen LogP contribution < -0.4 is 5.32 Å². The Morgan fingerprint density at radius 2 is 1.72 bits per heavy atom. The minimum absolute atomic E-state index is 0.151. The maximum Gasteiger partial charge on any atom is 0.0562 e. The van der Waals surface area contributed by atoms with Crippen LogP contribution in [0.15, 0.2) is 67.3 Å². The van der Waals surface area contributed by atoms with Gasteiger partial charge in [0, 0.05) is 10.7 Å². The predicted octanol–water partition coefficient (Wildman–Crippen LogP) is 5.07. The van der Waals surface area contributed by atoms with E-state index in [1.54, 1.807) is 0 Å². The molecule has 1 unspecified atom stereocenters. The summed E-state index contributed by atoms with van der Waals surface area (Å²) in [6.07, 6.45) is 2.74. The summed E-state index contributed by atoms with van der Waals surface area (Å²) in [5.74, 6) is 0. The second-order valence-corrected chi connectivity index (χ2v) is 4.52. The zero-order valence-electron chi connectivity index (χ0n) is 10.1. The largest absolute Gasteiger partial charge is 0.378 e. The van der Waals surface area contributed by atoms with Gasteiger partial charge < -0.3 is 5.32 Å². The van der Waals surface area contributed by atoms with E-state index in [4.69, 9.17) is 11.6 Å². The third-order valence-electron chi connectivity index (χ3n) is 2.80. The molecule has 1 atom stereocenters. The van der Waals surface area contributed by atoms with Crippen molar-refractivity contribution in [2.24, 2.45) is 0 Å². The lowest BCUT2D eigenvalue weighted by atomic mass is 10.0. The molecule has 0 radical (unpaired) electrons. The third-order valence-corrected chi connectivity index (χ3v) is 3.14. The van der Waals surface area contributed by atoms with Crippen molar-refractivity contribution in [3.05, 3.63) is 77.8 Å². The number of rotatable bonds is 5. The van der Waals surface area contributed by atoms with Crippen LogP contribution in [-0.2, 0) is 0 Å². The average molecular weight is 258 g/mol. The predicted molar refractivity (Wildman–Crippen MR) is 79.1 cm³/mol. The third kappa shape index (κ3) is 3.14. The molecule has 0 amide bonds. The molecule has 0 aliphatic heterocycles. The molecule has 2 aromatic rings. The van der Waals surface area contributed by atoms with Crippen LogP contribution in [0.2, 0.25) is 5.02 Å². The molecule has 0 aliphatic carbocycles. The quantitative estimate of drug-likeness (QED) is 0.738. The van der Waals surface area contributed by atoms with Crippen molar-refractivity contribution in [1.29, 1.82) is 0 Å². The van der Waals surface area contributed by atoms with Crippen molar-refractivity contribution in [3.63, 3.8) is 0 Å². The molecular formula is C16H16ClN. The van der Waals surface area contributed by atoms with E-state index in [-0.39, 0.29) is 6.04 Å². The smallest absolute Gasteiger partial charge is 0.0562 e. The molecule has 92 valence electrons. The zero-order valence-corrected chi connectivity index (χ0v) is 10.9. The standard InChI is InChI=1S/C16H16ClN/c1-2-8-16(14-11-6-7-12-15(14)17)18-13-9-4-3-5-10-13/h2-7,9-12,16,18H,1,8H2. The first kappa shape index (κ1) is 12.7. The Labute approximate surface area is 113 Å². The van der Waals surface area contributed by atoms with Crippen molar-refractivity contribution in [3.8, 4) is 0 Å². The van der Waals surface area contributed by atoms with E-state index in [0.29, 0.717) is 0 Å². The first-order valence-electron chi connectivity index (χ1n) is 5.98. The summed E-state index contributed by atoms with van der Waals surface area (Å²) in [6.45, 7) is 3.81. The summed E-state index contributed by atoms with van der Waals surface area (Å²) in [5.41, 5.74) is 2.19. The van der Waals surface area contributed by atoms with E-state index in [1.165, 1.54) is 0 Å². The van der Waals surface area contributed by atoms with E-state index in [1.807, 2.05) is 60.7 Å². The molecule has 0 heterocycles. The number of anilines is 1. The molecular weight excluding hydrogens is 242 g/mol. The highest BCUT2D eigenvalue weighted by atomic mass is 35.5. The lowest BCUT2D eigenvalue weighted by Gasteiger charge is -2.20. The Morgan fingerprint density at radius 1 is 1.06 bits per heavy atom. The van der Waals surface area contributed by atoms with Gasteiger partial charge in [-0.15, -0.1) is 6.58 Å². The second-order valence-electron chi connectivity index (χ2n) is 4.11. The maximum absolute atomic E-state index is 6.25. The fourth-order valence-electron chi connectivity index (χ4n) is 1.92. The molecule has 0 aromatic heterocycles. The number of benzene rings is 2. The number of para-hydroxylation sites is 1. The van der Waals surface area contributed by atoms with Crippen molar-refractivity contribution < 1.29 is 0 Å². The highest BCUT2D eigenvalue weighted by molar-refractivity contribution is 6.31. The number of hydrogen-bond donors (Lipinski definition) is 1. The molecule has 0 fully saturated rings. The van der Waals surface area contributed by atoms with Crippen LogP contribution in [0.1, 0.15) is 18.0 Å². The van der Waals surface area contributed by atoms with Gasteiger partial charge in [0.2, 0.25) is 0 Å². The van der Waals surface area contributed by atoms with Gasteiger partial charge in [0.15, 0.2) is 0 Å². The van der Waals surface area contributed by atoms with Gasteiger partial charge in [0.25, 0.3) is 0 Å². The van der Waals surface area contributed by atoms with Crippen molar-refractivity contribution in [2.45, 2.75) is 12.5 Å². The summed E-state index contributed by atoms with van der Waals surface area (Å²) < 4.78 is 0. The van der Waals surface area contributed by atoms with Gasteiger partial charge in [-0.1, -0.05) is 54.1 Å². The average Bonchev–Trinajstić information content (AvgIpc) is 2.40. The molecule has 2 rings (SSSR count). The molecule has 1 nitrogen and oxygen atoms in total. The van der Waals surface area contributed by atoms with E-state index in [2.05, 4.69) is 11.9 Å². The van der Waals surface area contributed by atoms with Crippen LogP contribution in [0.4, 0.5) is 5.69 Å². The summed E-state index contributed by atoms with van der Waals surface area (Å²) in [4.78, 5) is 0. The van der Waals surface area contributed by atoms with Gasteiger partial charge in [-0.2, -0.15) is 0 Å². The minimum atomic E-state index is 0.151. The van der Waals surface area contributed by atoms with Crippen LogP contribution in [0.3, 0.4) is 0 Å². The molecule has 0 saturated carbocycles. The summed E-state index contributed by atoms with van der Waals surface area (Å²) in [6, 6.07) is 18.2. The fraction of sp³-hybridized carbons (Fsp3) is 0.125. The normalized spacial score (nSPS) is 11.8. The number of nitrogens with one attached hydrogen (secondary N) is 1. The van der Waals surface area contributed by atoms with Crippen molar-refractivity contribution in [1.82, 2.24) is 0 Å². The Morgan fingerprint density at radius 3 is 2.39 bits per heavy atom. The van der Waals surface area contributed by atoms with E-state index in [9.17, 15) is 0 Å². The van der Waals surface area contributed by atoms with E-state index in [0.717, 1.165) is 22.7 Å². The van der Waals surface area contributed by atoms with Crippen LogP contribution in [0.5, 0.6) is 0 Å². The molecule has 18 heavy (non-hydrogen) atoms. The van der Waals surface area contributed by atoms with Crippen LogP contribution in [0, 0.1) is 0 Å². The van der Waals surface area contributed by atoms with Gasteiger partial charge >= 0.3 is 0 Å². The Bertz CT molecular complexity index is 508. The summed E-state index contributed by atoms with van der Waals surface area (Å²) >= 11 is 6.25. The molecule has 0 bridgehead atoms. The van der Waals surface area contributed by atoms with Crippen LogP contribution >= 0.6 is 11.6 Å². The van der Waals surface area contributed by atoms with E-state index >= 15 is 0 Å². The Kier molecular flexibility index (Phi) is 4.43. The van der Waals surface area contributed by atoms with Gasteiger partial charge in [-0.05, 0) is 30.2 Å². The highest BCUT2D eigenvalue weighted by Crippen LogP contribution is 2.28. The first-order valence-corrected chi connectivity index (χ1v) is 6.36. The van der Waals surface area contributed by atoms with Gasteiger partial charge in [-0.25, -0.2) is 0 Å². The minimum Gasteiger partial charge on any atom is -0.378 e. The van der Waals surface area contributed by atoms with Crippen molar-refractivity contribution in [2.75, 3.05) is 5.32 Å². The Balaban J connectivity index is 2.24. The van der Waals surface area contributed by atoms with E-state index < -0.39 is 0 Å². The SMILES string of the molecule is C=CCC(Nc1ccccc1)c1ccccc1Cl. The van der Waals surface area contributed by atoms with Crippen LogP contribution in [-0.4, -0.2) is 0 Å². The summed E-state index contributed by atoms with van der Waals surface area (Å²) in [5, 5.41) is 4.27. The fourth-order valence-corrected chi connectivity index (χ4v) is 2.19. The second kappa shape index (κ2) is 6.27. The molecule has 2 heteroatoms. The lowest BCUT2D eigenvalue weighted by molar-refractivity contribution is 0.799. The topological polar surface area (TPSA) is 12.0 Å². The molecule has 2 aromatic carbocycles. The number of halogens is 1. The molecule has 0 spiro atoms. The molecule has 0 saturated heterocycles. The zero-order chi connectivity index (χ0) is 12.8. The van der Waals surface area contributed by atoms with Gasteiger partial charge in [-0.3, -0.25) is 0 Å². The molecule has 1 N–H and O–H groups in total. The highest BCUT2D eigenvalue weighted by Gasteiger charge is 2.12. The summed E-state index contributed by atoms with van der Waals surface area (Å²) in [7, 11) is 0. The number of hydrogen-bond acceptors (Lipinski definition) is 1. The monoisotopic (exact) mass is 257 g/mol. The van der Waals surface area contributed by atoms with Gasteiger partial charge in [0.05, 0.1) is 6.04 Å². The van der Waals surface area contributed by atoms with Crippen molar-refractivity contribution >= 4 is 17.3 Å². The van der Waals surface area contributed by atoms with Crippen LogP contribution in [0.25, 0.3) is 0 Å². The van der Waals surface area contributed by atoms with Gasteiger partial charge in [0.1, 0.15) is 0 Å². The lowest BCUT2D eigenvalue weighted by Crippen LogP contribution is -2.10. The molecule has 0 aliphatic rings. The Hall–Kier alpha value is -1.73.